The normalized spacial score (nSPS) is 18.3. The number of hydrogen-bond acceptors (Lipinski definition) is 6. The van der Waals surface area contributed by atoms with E-state index in [9.17, 15) is 4.79 Å². The standard InChI is InChI=1S/C17H23N7O/c25-17(14-1-2-14)21-16-4-3-15(13-18-16)23-10-7-22(8-11-23)9-12-24-19-5-6-20-24/h3-6,13-14H,1-2,7-12H2,(H,18,21,25). The van der Waals surface area contributed by atoms with Gasteiger partial charge in [0.05, 0.1) is 30.8 Å². The molecule has 8 nitrogen and oxygen atoms in total. The summed E-state index contributed by atoms with van der Waals surface area (Å²) in [6.07, 6.45) is 7.28. The fraction of sp³-hybridized carbons (Fsp3) is 0.529. The highest BCUT2D eigenvalue weighted by atomic mass is 16.2. The number of nitrogens with one attached hydrogen (secondary N) is 1. The Balaban J connectivity index is 1.25. The molecule has 2 aromatic heterocycles. The molecule has 2 aliphatic rings. The second-order valence-electron chi connectivity index (χ2n) is 6.62. The van der Waals surface area contributed by atoms with Gasteiger partial charge in [0.2, 0.25) is 5.91 Å². The number of piperazine rings is 1. The second kappa shape index (κ2) is 7.18. The molecule has 1 aliphatic carbocycles. The second-order valence-corrected chi connectivity index (χ2v) is 6.62. The van der Waals surface area contributed by atoms with Crippen molar-refractivity contribution >= 4 is 17.4 Å². The Morgan fingerprint density at radius 1 is 1.08 bits per heavy atom. The summed E-state index contributed by atoms with van der Waals surface area (Å²) in [7, 11) is 0. The molecule has 0 atom stereocenters. The minimum atomic E-state index is 0.0977. The van der Waals surface area contributed by atoms with E-state index in [1.54, 1.807) is 17.2 Å². The molecule has 0 aromatic carbocycles. The monoisotopic (exact) mass is 341 g/mol. The Labute approximate surface area is 146 Å². The number of rotatable bonds is 6. The van der Waals surface area contributed by atoms with Crippen LogP contribution in [0.15, 0.2) is 30.7 Å². The molecule has 1 amide bonds. The lowest BCUT2D eigenvalue weighted by Gasteiger charge is -2.35. The largest absolute Gasteiger partial charge is 0.368 e. The van der Waals surface area contributed by atoms with Crippen LogP contribution in [-0.4, -0.2) is 63.5 Å². The van der Waals surface area contributed by atoms with Crippen molar-refractivity contribution in [2.75, 3.05) is 42.9 Å². The van der Waals surface area contributed by atoms with Crippen LogP contribution >= 0.6 is 0 Å². The van der Waals surface area contributed by atoms with Crippen LogP contribution in [0.3, 0.4) is 0 Å². The van der Waals surface area contributed by atoms with E-state index < -0.39 is 0 Å². The number of amides is 1. The van der Waals surface area contributed by atoms with Crippen LogP contribution in [0.2, 0.25) is 0 Å². The number of hydrogen-bond donors (Lipinski definition) is 1. The molecular weight excluding hydrogens is 318 g/mol. The van der Waals surface area contributed by atoms with Gasteiger partial charge >= 0.3 is 0 Å². The average molecular weight is 341 g/mol. The zero-order chi connectivity index (χ0) is 17.1. The molecule has 25 heavy (non-hydrogen) atoms. The lowest BCUT2D eigenvalue weighted by molar-refractivity contribution is -0.117. The lowest BCUT2D eigenvalue weighted by atomic mass is 10.2. The SMILES string of the molecule is O=C(Nc1ccc(N2CCN(CCn3nccn3)CC2)cn1)C1CC1. The molecular formula is C17H23N7O. The first-order valence-electron chi connectivity index (χ1n) is 8.86. The maximum Gasteiger partial charge on any atom is 0.228 e. The van der Waals surface area contributed by atoms with E-state index in [4.69, 9.17) is 0 Å². The molecule has 0 unspecified atom stereocenters. The van der Waals surface area contributed by atoms with E-state index in [0.29, 0.717) is 5.82 Å². The van der Waals surface area contributed by atoms with Crippen molar-refractivity contribution in [3.63, 3.8) is 0 Å². The van der Waals surface area contributed by atoms with Gasteiger partial charge in [-0.25, -0.2) is 4.98 Å². The summed E-state index contributed by atoms with van der Waals surface area (Å²) in [5.74, 6) is 0.943. The van der Waals surface area contributed by atoms with Gasteiger partial charge in [-0.3, -0.25) is 9.69 Å². The van der Waals surface area contributed by atoms with Gasteiger partial charge in [-0.2, -0.15) is 15.0 Å². The van der Waals surface area contributed by atoms with Crippen LogP contribution < -0.4 is 10.2 Å². The highest BCUT2D eigenvalue weighted by molar-refractivity contribution is 5.93. The van der Waals surface area contributed by atoms with Crippen LogP contribution in [-0.2, 0) is 11.3 Å². The fourth-order valence-corrected chi connectivity index (χ4v) is 3.04. The Bertz CT molecular complexity index is 688. The first kappa shape index (κ1) is 16.0. The van der Waals surface area contributed by atoms with Crippen LogP contribution in [0, 0.1) is 5.92 Å². The molecule has 1 aliphatic heterocycles. The summed E-state index contributed by atoms with van der Waals surface area (Å²) in [6.45, 7) is 5.77. The van der Waals surface area contributed by atoms with Crippen LogP contribution in [0.1, 0.15) is 12.8 Å². The summed E-state index contributed by atoms with van der Waals surface area (Å²) in [4.78, 5) is 22.6. The molecule has 1 saturated carbocycles. The minimum Gasteiger partial charge on any atom is -0.368 e. The highest BCUT2D eigenvalue weighted by Crippen LogP contribution is 2.30. The maximum absolute atomic E-state index is 11.8. The van der Waals surface area contributed by atoms with Gasteiger partial charge in [-0.05, 0) is 25.0 Å². The number of anilines is 2. The molecule has 2 fully saturated rings. The Morgan fingerprint density at radius 3 is 2.48 bits per heavy atom. The average Bonchev–Trinajstić information content (AvgIpc) is 3.38. The Hall–Kier alpha value is -2.48. The van der Waals surface area contributed by atoms with Gasteiger partial charge < -0.3 is 10.2 Å². The summed E-state index contributed by atoms with van der Waals surface area (Å²) >= 11 is 0. The zero-order valence-electron chi connectivity index (χ0n) is 14.2. The molecule has 3 heterocycles. The number of carbonyl (C=O) groups excluding carboxylic acids is 1. The Morgan fingerprint density at radius 2 is 1.84 bits per heavy atom. The molecule has 0 bridgehead atoms. The first-order chi connectivity index (χ1) is 12.3. The first-order valence-corrected chi connectivity index (χ1v) is 8.86. The molecule has 8 heteroatoms. The predicted octanol–water partition coefficient (Wildman–Crippen LogP) is 0.844. The van der Waals surface area contributed by atoms with Crippen molar-refractivity contribution in [1.82, 2.24) is 24.9 Å². The molecule has 1 N–H and O–H groups in total. The van der Waals surface area contributed by atoms with Gasteiger partial charge in [-0.15, -0.1) is 0 Å². The summed E-state index contributed by atoms with van der Waals surface area (Å²) in [6, 6.07) is 3.93. The van der Waals surface area contributed by atoms with Gasteiger partial charge in [0, 0.05) is 38.6 Å². The van der Waals surface area contributed by atoms with Gasteiger partial charge in [-0.1, -0.05) is 0 Å². The molecule has 0 spiro atoms. The van der Waals surface area contributed by atoms with E-state index >= 15 is 0 Å². The van der Waals surface area contributed by atoms with Crippen molar-refractivity contribution in [3.8, 4) is 0 Å². The summed E-state index contributed by atoms with van der Waals surface area (Å²) in [5, 5.41) is 11.2. The van der Waals surface area contributed by atoms with E-state index in [1.807, 2.05) is 18.3 Å². The van der Waals surface area contributed by atoms with Crippen LogP contribution in [0.5, 0.6) is 0 Å². The van der Waals surface area contributed by atoms with Crippen molar-refractivity contribution in [1.29, 1.82) is 0 Å². The Kier molecular flexibility index (Phi) is 4.60. The third-order valence-electron chi connectivity index (χ3n) is 4.77. The van der Waals surface area contributed by atoms with E-state index in [1.165, 1.54) is 0 Å². The number of aromatic nitrogens is 4. The molecule has 1 saturated heterocycles. The smallest absolute Gasteiger partial charge is 0.228 e. The minimum absolute atomic E-state index is 0.0977. The number of carbonyl (C=O) groups is 1. The van der Waals surface area contributed by atoms with Crippen molar-refractivity contribution < 1.29 is 4.79 Å². The number of nitrogens with zero attached hydrogens (tertiary/aromatic N) is 6. The van der Waals surface area contributed by atoms with Gasteiger partial charge in [0.15, 0.2) is 0 Å². The van der Waals surface area contributed by atoms with Crippen LogP contribution in [0.4, 0.5) is 11.5 Å². The predicted molar refractivity (Wildman–Crippen MR) is 94.3 cm³/mol. The fourth-order valence-electron chi connectivity index (χ4n) is 3.04. The van der Waals surface area contributed by atoms with Gasteiger partial charge in [0.1, 0.15) is 5.82 Å². The summed E-state index contributed by atoms with van der Waals surface area (Å²) < 4.78 is 0. The highest BCUT2D eigenvalue weighted by Gasteiger charge is 2.29. The van der Waals surface area contributed by atoms with E-state index in [-0.39, 0.29) is 11.8 Å². The quantitative estimate of drug-likeness (QED) is 0.839. The molecule has 132 valence electrons. The maximum atomic E-state index is 11.8. The van der Waals surface area contributed by atoms with Crippen molar-refractivity contribution in [3.05, 3.63) is 30.7 Å². The third kappa shape index (κ3) is 4.14. The molecule has 2 aromatic rings. The van der Waals surface area contributed by atoms with Crippen LogP contribution in [0.25, 0.3) is 0 Å². The summed E-state index contributed by atoms with van der Waals surface area (Å²) in [5.41, 5.74) is 1.11. The third-order valence-corrected chi connectivity index (χ3v) is 4.77. The lowest BCUT2D eigenvalue weighted by Crippen LogP contribution is -2.47. The molecule has 0 radical (unpaired) electrons. The topological polar surface area (TPSA) is 79.2 Å². The van der Waals surface area contributed by atoms with Crippen molar-refractivity contribution in [2.45, 2.75) is 19.4 Å². The van der Waals surface area contributed by atoms with E-state index in [0.717, 1.165) is 57.8 Å². The van der Waals surface area contributed by atoms with Gasteiger partial charge in [0.25, 0.3) is 0 Å². The number of pyridine rings is 1. The molecule has 4 rings (SSSR count). The zero-order valence-corrected chi connectivity index (χ0v) is 14.2. The van der Waals surface area contributed by atoms with Crippen molar-refractivity contribution in [2.24, 2.45) is 5.92 Å². The van der Waals surface area contributed by atoms with E-state index in [2.05, 4.69) is 30.3 Å².